The van der Waals surface area contributed by atoms with Crippen molar-refractivity contribution in [2.75, 3.05) is 13.2 Å². The van der Waals surface area contributed by atoms with Gasteiger partial charge in [0.2, 0.25) is 0 Å². The molecule has 0 saturated heterocycles. The van der Waals surface area contributed by atoms with Crippen molar-refractivity contribution in [2.24, 2.45) is 0 Å². The Hall–Kier alpha value is -2.53. The third kappa shape index (κ3) is 9.85. The summed E-state index contributed by atoms with van der Waals surface area (Å²) in [6, 6.07) is 15.5. The van der Waals surface area contributed by atoms with Crippen molar-refractivity contribution < 1.29 is 9.53 Å². The van der Waals surface area contributed by atoms with Crippen LogP contribution in [-0.4, -0.2) is 28.6 Å². The monoisotopic (exact) mass is 511 g/mol. The lowest BCUT2D eigenvalue weighted by atomic mass is 10.1. The number of fused-ring (bicyclic) bond motifs is 1. The van der Waals surface area contributed by atoms with E-state index in [2.05, 4.69) is 41.1 Å². The van der Waals surface area contributed by atoms with Crippen LogP contribution in [-0.2, 0) is 17.8 Å². The number of ether oxygens (including phenoxy) is 1. The van der Waals surface area contributed by atoms with Gasteiger partial charge in [-0.2, -0.15) is 0 Å². The number of unbranched alkanes of at least 4 members (excludes halogenated alkanes) is 9. The van der Waals surface area contributed by atoms with E-state index in [0.29, 0.717) is 17.3 Å². The molecule has 0 aliphatic rings. The number of carbonyl (C=O) groups is 1. The lowest BCUT2D eigenvalue weighted by Crippen LogP contribution is -2.29. The van der Waals surface area contributed by atoms with E-state index in [9.17, 15) is 4.79 Å². The van der Waals surface area contributed by atoms with Crippen molar-refractivity contribution in [1.29, 1.82) is 0 Å². The maximum absolute atomic E-state index is 12.0. The van der Waals surface area contributed by atoms with Gasteiger partial charge in [-0.15, -0.1) is 0 Å². The zero-order chi connectivity index (χ0) is 25.4. The topological polar surface area (TPSA) is 56.2 Å². The summed E-state index contributed by atoms with van der Waals surface area (Å²) in [6.07, 6.45) is 14.7. The quantitative estimate of drug-likeness (QED) is 0.178. The molecule has 0 fully saturated rings. The number of para-hydroxylation sites is 2. The Morgan fingerprint density at radius 2 is 1.58 bits per heavy atom. The minimum Gasteiger partial charge on any atom is -0.484 e. The molecule has 1 heterocycles. The molecule has 0 atom stereocenters. The first-order chi connectivity index (χ1) is 17.7. The van der Waals surface area contributed by atoms with Crippen molar-refractivity contribution in [2.45, 2.75) is 90.5 Å². The zero-order valence-electron chi connectivity index (χ0n) is 21.8. The van der Waals surface area contributed by atoms with Crippen LogP contribution in [0.4, 0.5) is 0 Å². The highest BCUT2D eigenvalue weighted by Crippen LogP contribution is 2.20. The Labute approximate surface area is 221 Å². The van der Waals surface area contributed by atoms with Crippen molar-refractivity contribution in [3.05, 3.63) is 59.4 Å². The maximum atomic E-state index is 12.0. The third-order valence-corrected chi connectivity index (χ3v) is 6.80. The van der Waals surface area contributed by atoms with Gasteiger partial charge in [0.05, 0.1) is 11.0 Å². The van der Waals surface area contributed by atoms with Crippen LogP contribution in [0, 0.1) is 0 Å². The molecule has 0 spiro atoms. The Balaban J connectivity index is 1.34. The minimum absolute atomic E-state index is 0.0183. The molecule has 0 radical (unpaired) electrons. The lowest BCUT2D eigenvalue weighted by molar-refractivity contribution is -0.123. The number of rotatable bonds is 18. The van der Waals surface area contributed by atoms with Gasteiger partial charge in [0.1, 0.15) is 11.6 Å². The third-order valence-electron chi connectivity index (χ3n) is 6.55. The smallest absolute Gasteiger partial charge is 0.257 e. The molecule has 36 heavy (non-hydrogen) atoms. The highest BCUT2D eigenvalue weighted by atomic mass is 35.5. The molecule has 5 nitrogen and oxygen atoms in total. The largest absolute Gasteiger partial charge is 0.484 e. The summed E-state index contributed by atoms with van der Waals surface area (Å²) in [5, 5.41) is 3.59. The predicted octanol–water partition coefficient (Wildman–Crippen LogP) is 7.74. The highest BCUT2D eigenvalue weighted by molar-refractivity contribution is 6.30. The summed E-state index contributed by atoms with van der Waals surface area (Å²) in [4.78, 5) is 17.0. The average Bonchev–Trinajstić information content (AvgIpc) is 3.24. The maximum Gasteiger partial charge on any atom is 0.257 e. The van der Waals surface area contributed by atoms with E-state index in [-0.39, 0.29) is 12.5 Å². The highest BCUT2D eigenvalue weighted by Gasteiger charge is 2.10. The van der Waals surface area contributed by atoms with Gasteiger partial charge in [0.25, 0.3) is 5.91 Å². The van der Waals surface area contributed by atoms with Crippen molar-refractivity contribution in [1.82, 2.24) is 14.9 Å². The first-order valence-corrected chi connectivity index (χ1v) is 14.1. The number of halogens is 1. The van der Waals surface area contributed by atoms with Crippen LogP contribution in [0.3, 0.4) is 0 Å². The Morgan fingerprint density at radius 1 is 0.889 bits per heavy atom. The molecule has 0 aliphatic heterocycles. The van der Waals surface area contributed by atoms with Crippen LogP contribution in [0.15, 0.2) is 48.5 Å². The first-order valence-electron chi connectivity index (χ1n) is 13.8. The molecule has 196 valence electrons. The van der Waals surface area contributed by atoms with E-state index >= 15 is 0 Å². The molecule has 3 rings (SSSR count). The molecule has 0 saturated carbocycles. The minimum atomic E-state index is -0.0999. The fraction of sp³-hybridized carbons (Fsp3) is 0.533. The molecule has 1 amide bonds. The summed E-state index contributed by atoms with van der Waals surface area (Å²) in [6.45, 7) is 4.00. The van der Waals surface area contributed by atoms with Crippen LogP contribution < -0.4 is 10.1 Å². The molecular formula is C30H42ClN3O2. The van der Waals surface area contributed by atoms with E-state index in [1.165, 1.54) is 62.7 Å². The number of nitrogens with zero attached hydrogens (tertiary/aromatic N) is 2. The lowest BCUT2D eigenvalue weighted by Gasteiger charge is -2.10. The Bertz CT molecular complexity index is 1030. The first kappa shape index (κ1) is 28.0. The van der Waals surface area contributed by atoms with E-state index in [1.807, 2.05) is 0 Å². The molecule has 0 aliphatic carbocycles. The fourth-order valence-electron chi connectivity index (χ4n) is 4.51. The second kappa shape index (κ2) is 16.3. The van der Waals surface area contributed by atoms with Crippen LogP contribution in [0.1, 0.15) is 83.4 Å². The number of amides is 1. The van der Waals surface area contributed by atoms with E-state index in [4.69, 9.17) is 21.3 Å². The normalized spacial score (nSPS) is 11.2. The second-order valence-corrected chi connectivity index (χ2v) is 9.98. The summed E-state index contributed by atoms with van der Waals surface area (Å²) >= 11 is 5.86. The number of imidazole rings is 1. The number of carbonyl (C=O) groups excluding carboxylic acids is 1. The molecule has 2 aromatic carbocycles. The standard InChI is InChI=1S/C30H42ClN3O2/c1-2-3-4-5-6-7-8-14-23-34-28-16-12-11-15-27(28)33-29(34)17-10-9-13-22-32-30(35)24-36-26-20-18-25(31)19-21-26/h11-12,15-16,18-21H,2-10,13-14,17,22-24H2,1H3,(H,32,35). The summed E-state index contributed by atoms with van der Waals surface area (Å²) < 4.78 is 7.92. The van der Waals surface area contributed by atoms with Crippen LogP contribution >= 0.6 is 11.6 Å². The van der Waals surface area contributed by atoms with Crippen LogP contribution in [0.2, 0.25) is 5.02 Å². The van der Waals surface area contributed by atoms with Gasteiger partial charge in [0, 0.05) is 24.5 Å². The van der Waals surface area contributed by atoms with Gasteiger partial charge in [0.15, 0.2) is 6.61 Å². The number of hydrogen-bond acceptors (Lipinski definition) is 3. The molecule has 0 unspecified atom stereocenters. The molecule has 3 aromatic rings. The summed E-state index contributed by atoms with van der Waals surface area (Å²) in [5.41, 5.74) is 2.35. The second-order valence-electron chi connectivity index (χ2n) is 9.55. The molecule has 6 heteroatoms. The van der Waals surface area contributed by atoms with Gasteiger partial charge in [-0.05, 0) is 55.7 Å². The van der Waals surface area contributed by atoms with Crippen molar-refractivity contribution in [3.63, 3.8) is 0 Å². The number of hydrogen-bond donors (Lipinski definition) is 1. The predicted molar refractivity (Wildman–Crippen MR) is 150 cm³/mol. The van der Waals surface area contributed by atoms with Gasteiger partial charge in [-0.3, -0.25) is 4.79 Å². The number of aromatic nitrogens is 2. The van der Waals surface area contributed by atoms with Crippen molar-refractivity contribution in [3.8, 4) is 5.75 Å². The van der Waals surface area contributed by atoms with Gasteiger partial charge in [-0.25, -0.2) is 4.98 Å². The number of aryl methyl sites for hydroxylation is 2. The van der Waals surface area contributed by atoms with Crippen LogP contribution in [0.5, 0.6) is 5.75 Å². The average molecular weight is 512 g/mol. The van der Waals surface area contributed by atoms with Gasteiger partial charge >= 0.3 is 0 Å². The SMILES string of the molecule is CCCCCCCCCCn1c(CCCCCNC(=O)COc2ccc(Cl)cc2)nc2ccccc21. The fourth-order valence-corrected chi connectivity index (χ4v) is 4.64. The molecular weight excluding hydrogens is 470 g/mol. The van der Waals surface area contributed by atoms with Crippen molar-refractivity contribution >= 4 is 28.5 Å². The number of benzene rings is 2. The summed E-state index contributed by atoms with van der Waals surface area (Å²) in [7, 11) is 0. The van der Waals surface area contributed by atoms with Gasteiger partial charge in [-0.1, -0.05) is 82.0 Å². The Morgan fingerprint density at radius 3 is 2.36 bits per heavy atom. The Kier molecular flexibility index (Phi) is 12.7. The van der Waals surface area contributed by atoms with Crippen LogP contribution in [0.25, 0.3) is 11.0 Å². The van der Waals surface area contributed by atoms with Gasteiger partial charge < -0.3 is 14.6 Å². The van der Waals surface area contributed by atoms with E-state index < -0.39 is 0 Å². The number of nitrogens with one attached hydrogen (secondary N) is 1. The molecule has 0 bridgehead atoms. The molecule has 1 N–H and O–H groups in total. The van der Waals surface area contributed by atoms with E-state index in [0.717, 1.165) is 37.7 Å². The summed E-state index contributed by atoms with van der Waals surface area (Å²) in [5.74, 6) is 1.74. The van der Waals surface area contributed by atoms with E-state index in [1.54, 1.807) is 24.3 Å². The zero-order valence-corrected chi connectivity index (χ0v) is 22.6. The molecule has 1 aromatic heterocycles.